The van der Waals surface area contributed by atoms with E-state index in [0.717, 1.165) is 48.8 Å². The number of aryl methyl sites for hydroxylation is 1. The molecule has 0 saturated heterocycles. The van der Waals surface area contributed by atoms with Gasteiger partial charge in [0.2, 0.25) is 0 Å². The zero-order valence-corrected chi connectivity index (χ0v) is 21.0. The van der Waals surface area contributed by atoms with Gasteiger partial charge in [-0.25, -0.2) is 4.99 Å². The standard InChI is InChI=1S/C29H36F2N2O3/c1-19-4-12-25(32-17-19)24-11-13-26(36-29(30,31)18-34)27-28(24)35-14-2-3-23(33-27)10-9-21-6-5-20-7-8-22(15-20)16-21/h4,11-13,17,20-22,34H,2-3,5-10,14-16,18H2,1H3. The SMILES string of the molecule is Cc1ccc(-c2ccc(OC(F)(F)CO)c3c2OCCCC(CCC2CCC4CCC(C2)C4)=N3)nc1. The minimum atomic E-state index is -3.71. The highest BCUT2D eigenvalue weighted by atomic mass is 19.3. The van der Waals surface area contributed by atoms with E-state index in [2.05, 4.69) is 4.98 Å². The summed E-state index contributed by atoms with van der Waals surface area (Å²) in [6.45, 7) is 1.00. The number of hydrogen-bond acceptors (Lipinski definition) is 5. The highest BCUT2D eigenvalue weighted by Crippen LogP contribution is 2.47. The Morgan fingerprint density at radius 3 is 2.72 bits per heavy atom. The summed E-state index contributed by atoms with van der Waals surface area (Å²) in [7, 11) is 0. The molecular formula is C29H36F2N2O3. The predicted octanol–water partition coefficient (Wildman–Crippen LogP) is 7.26. The van der Waals surface area contributed by atoms with Gasteiger partial charge in [0, 0.05) is 17.5 Å². The van der Waals surface area contributed by atoms with Crippen molar-refractivity contribution in [3.63, 3.8) is 0 Å². The van der Waals surface area contributed by atoms with E-state index in [-0.39, 0.29) is 11.4 Å². The number of hydrogen-bond donors (Lipinski definition) is 1. The van der Waals surface area contributed by atoms with Gasteiger partial charge in [0.25, 0.3) is 0 Å². The fourth-order valence-electron chi connectivity index (χ4n) is 6.10. The molecule has 5 nitrogen and oxygen atoms in total. The van der Waals surface area contributed by atoms with Gasteiger partial charge < -0.3 is 14.6 Å². The largest absolute Gasteiger partial charge is 0.490 e. The van der Waals surface area contributed by atoms with Crippen LogP contribution in [0.15, 0.2) is 35.5 Å². The number of alkyl halides is 2. The molecule has 7 heteroatoms. The van der Waals surface area contributed by atoms with Gasteiger partial charge in [0.15, 0.2) is 11.5 Å². The maximum Gasteiger partial charge on any atom is 0.421 e. The van der Waals surface area contributed by atoms with E-state index in [4.69, 9.17) is 19.6 Å². The monoisotopic (exact) mass is 498 g/mol. The first-order valence-electron chi connectivity index (χ1n) is 13.4. The molecule has 3 atom stereocenters. The normalized spacial score (nSPS) is 24.1. The van der Waals surface area contributed by atoms with Gasteiger partial charge >= 0.3 is 6.11 Å². The number of aliphatic hydroxyl groups excluding tert-OH is 1. The molecule has 194 valence electrons. The maximum absolute atomic E-state index is 14.1. The van der Waals surface area contributed by atoms with Gasteiger partial charge in [-0.2, -0.15) is 8.78 Å². The molecule has 2 aliphatic carbocycles. The van der Waals surface area contributed by atoms with Crippen molar-refractivity contribution < 1.29 is 23.4 Å². The zero-order valence-electron chi connectivity index (χ0n) is 21.0. The van der Waals surface area contributed by atoms with Crippen molar-refractivity contribution in [2.75, 3.05) is 13.2 Å². The molecule has 2 bridgehead atoms. The summed E-state index contributed by atoms with van der Waals surface area (Å²) in [6, 6.07) is 7.00. The second-order valence-corrected chi connectivity index (χ2v) is 10.8. The fourth-order valence-corrected chi connectivity index (χ4v) is 6.10. The number of ether oxygens (including phenoxy) is 2. The second-order valence-electron chi connectivity index (χ2n) is 10.8. The van der Waals surface area contributed by atoms with E-state index in [1.165, 1.54) is 44.6 Å². The minimum absolute atomic E-state index is 0.0916. The molecule has 1 aromatic carbocycles. The first-order valence-corrected chi connectivity index (χ1v) is 13.4. The molecule has 1 N–H and O–H groups in total. The molecule has 2 aromatic rings. The molecule has 0 spiro atoms. The summed E-state index contributed by atoms with van der Waals surface area (Å²) in [6.07, 6.45) is 9.68. The van der Waals surface area contributed by atoms with Crippen molar-refractivity contribution in [1.82, 2.24) is 4.98 Å². The number of aromatic nitrogens is 1. The Labute approximate surface area is 212 Å². The summed E-state index contributed by atoms with van der Waals surface area (Å²) in [5, 5.41) is 9.11. The number of pyridine rings is 1. The van der Waals surface area contributed by atoms with Gasteiger partial charge in [0.05, 0.1) is 12.3 Å². The first kappa shape index (κ1) is 25.1. The number of benzene rings is 1. The lowest BCUT2D eigenvalue weighted by Gasteiger charge is -2.23. The number of halogens is 2. The summed E-state index contributed by atoms with van der Waals surface area (Å²) < 4.78 is 39.2. The van der Waals surface area contributed by atoms with Crippen LogP contribution in [0.3, 0.4) is 0 Å². The summed E-state index contributed by atoms with van der Waals surface area (Å²) in [5.41, 5.74) is 3.66. The van der Waals surface area contributed by atoms with E-state index >= 15 is 0 Å². The van der Waals surface area contributed by atoms with Gasteiger partial charge in [-0.1, -0.05) is 31.7 Å². The third-order valence-corrected chi connectivity index (χ3v) is 7.99. The Balaban J connectivity index is 1.46. The van der Waals surface area contributed by atoms with Crippen LogP contribution in [0, 0.1) is 24.7 Å². The van der Waals surface area contributed by atoms with Crippen molar-refractivity contribution in [3.8, 4) is 22.8 Å². The van der Waals surface area contributed by atoms with Crippen LogP contribution in [0.4, 0.5) is 14.5 Å². The molecule has 3 unspecified atom stereocenters. The van der Waals surface area contributed by atoms with Gasteiger partial charge in [-0.15, -0.1) is 0 Å². The lowest BCUT2D eigenvalue weighted by molar-refractivity contribution is -0.200. The van der Waals surface area contributed by atoms with Gasteiger partial charge in [-0.05, 0) is 87.0 Å². The van der Waals surface area contributed by atoms with E-state index < -0.39 is 12.7 Å². The number of rotatable bonds is 7. The number of nitrogens with zero attached hydrogens (tertiary/aromatic N) is 2. The minimum Gasteiger partial charge on any atom is -0.490 e. The first-order chi connectivity index (χ1) is 17.4. The quantitative estimate of drug-likeness (QED) is 0.436. The molecule has 2 fully saturated rings. The highest BCUT2D eigenvalue weighted by molar-refractivity contribution is 5.91. The van der Waals surface area contributed by atoms with Crippen LogP contribution in [0.5, 0.6) is 11.5 Å². The third kappa shape index (κ3) is 5.88. The predicted molar refractivity (Wildman–Crippen MR) is 136 cm³/mol. The molecule has 1 aliphatic heterocycles. The van der Waals surface area contributed by atoms with Gasteiger partial charge in [-0.3, -0.25) is 4.98 Å². The van der Waals surface area contributed by atoms with Crippen LogP contribution in [0.1, 0.15) is 69.8 Å². The van der Waals surface area contributed by atoms with E-state index in [0.29, 0.717) is 29.5 Å². The molecular weight excluding hydrogens is 462 g/mol. The number of aliphatic hydroxyl groups is 1. The molecule has 3 aliphatic rings. The fraction of sp³-hybridized carbons (Fsp3) is 0.586. The Hall–Kier alpha value is -2.54. The van der Waals surface area contributed by atoms with E-state index in [9.17, 15) is 8.78 Å². The molecule has 2 saturated carbocycles. The average Bonchev–Trinajstić information content (AvgIpc) is 3.19. The molecule has 5 rings (SSSR count). The van der Waals surface area contributed by atoms with E-state index in [1.807, 2.05) is 19.1 Å². The number of aliphatic imine (C=N–C) groups is 1. The van der Waals surface area contributed by atoms with Crippen LogP contribution < -0.4 is 9.47 Å². The van der Waals surface area contributed by atoms with Crippen LogP contribution in [-0.4, -0.2) is 35.1 Å². The summed E-state index contributed by atoms with van der Waals surface area (Å²) in [5.74, 6) is 2.82. The lowest BCUT2D eigenvalue weighted by atomic mass is 9.86. The highest BCUT2D eigenvalue weighted by Gasteiger charge is 2.34. The van der Waals surface area contributed by atoms with Crippen molar-refractivity contribution in [1.29, 1.82) is 0 Å². The van der Waals surface area contributed by atoms with Gasteiger partial charge in [0.1, 0.15) is 12.3 Å². The van der Waals surface area contributed by atoms with Crippen molar-refractivity contribution in [2.45, 2.75) is 77.2 Å². The van der Waals surface area contributed by atoms with Crippen molar-refractivity contribution >= 4 is 11.4 Å². The van der Waals surface area contributed by atoms with Crippen LogP contribution in [0.2, 0.25) is 0 Å². The zero-order chi connectivity index (χ0) is 25.1. The third-order valence-electron chi connectivity index (χ3n) is 7.99. The Morgan fingerprint density at radius 1 is 1.08 bits per heavy atom. The average molecular weight is 499 g/mol. The van der Waals surface area contributed by atoms with E-state index in [1.54, 1.807) is 12.3 Å². The Bertz CT molecular complexity index is 1090. The summed E-state index contributed by atoms with van der Waals surface area (Å²) in [4.78, 5) is 9.42. The summed E-state index contributed by atoms with van der Waals surface area (Å²) >= 11 is 0. The van der Waals surface area contributed by atoms with Crippen molar-refractivity contribution in [2.24, 2.45) is 22.7 Å². The number of fused-ring (bicyclic) bond motifs is 3. The van der Waals surface area contributed by atoms with Crippen LogP contribution in [0.25, 0.3) is 11.3 Å². The Morgan fingerprint density at radius 2 is 1.92 bits per heavy atom. The smallest absolute Gasteiger partial charge is 0.421 e. The lowest BCUT2D eigenvalue weighted by Crippen LogP contribution is -2.29. The molecule has 0 amide bonds. The van der Waals surface area contributed by atoms with Crippen molar-refractivity contribution in [3.05, 3.63) is 36.0 Å². The topological polar surface area (TPSA) is 63.9 Å². The Kier molecular flexibility index (Phi) is 7.56. The molecule has 1 aromatic heterocycles. The molecule has 36 heavy (non-hydrogen) atoms. The molecule has 2 heterocycles. The van der Waals surface area contributed by atoms with Crippen LogP contribution in [-0.2, 0) is 0 Å². The maximum atomic E-state index is 14.1. The molecule has 0 radical (unpaired) electrons. The van der Waals surface area contributed by atoms with Crippen LogP contribution >= 0.6 is 0 Å². The second kappa shape index (κ2) is 10.8.